The van der Waals surface area contributed by atoms with Crippen LogP contribution in [0.4, 0.5) is 11.4 Å². The van der Waals surface area contributed by atoms with E-state index >= 15 is 0 Å². The minimum Gasteiger partial charge on any atom is -0.392 e. The lowest BCUT2D eigenvalue weighted by molar-refractivity contribution is 0.283. The van der Waals surface area contributed by atoms with Crippen molar-refractivity contribution in [1.82, 2.24) is 0 Å². The molecule has 17 heavy (non-hydrogen) atoms. The molecule has 0 aliphatic heterocycles. The zero-order valence-electron chi connectivity index (χ0n) is 9.13. The van der Waals surface area contributed by atoms with Crippen LogP contribution in [-0.2, 0) is 6.61 Å². The maximum absolute atomic E-state index is 9.25. The summed E-state index contributed by atoms with van der Waals surface area (Å²) in [6.07, 6.45) is 0. The van der Waals surface area contributed by atoms with Gasteiger partial charge in [0.25, 0.3) is 0 Å². The molecule has 0 aliphatic carbocycles. The molecule has 0 radical (unpaired) electrons. The number of aliphatic hydroxyl groups excluding tert-OH is 1. The number of rotatable bonds is 3. The number of thiophene rings is 1. The summed E-state index contributed by atoms with van der Waals surface area (Å²) in [6, 6.07) is 5.34. The fraction of sp³-hybridized carbons (Fsp3) is 0.167. The third kappa shape index (κ3) is 2.58. The van der Waals surface area contributed by atoms with E-state index in [1.165, 1.54) is 0 Å². The Balaban J connectivity index is 2.41. The van der Waals surface area contributed by atoms with E-state index in [-0.39, 0.29) is 6.61 Å². The fourth-order valence-corrected chi connectivity index (χ4v) is 2.83. The van der Waals surface area contributed by atoms with Crippen LogP contribution in [-0.4, -0.2) is 5.11 Å². The van der Waals surface area contributed by atoms with Gasteiger partial charge in [-0.15, -0.1) is 11.3 Å². The predicted octanol–water partition coefficient (Wildman–Crippen LogP) is 4.60. The van der Waals surface area contributed by atoms with Gasteiger partial charge in [0.2, 0.25) is 0 Å². The van der Waals surface area contributed by atoms with E-state index in [4.69, 9.17) is 23.2 Å². The summed E-state index contributed by atoms with van der Waals surface area (Å²) in [7, 11) is 0. The summed E-state index contributed by atoms with van der Waals surface area (Å²) in [6.45, 7) is 1.98. The van der Waals surface area contributed by atoms with Crippen molar-refractivity contribution in [3.05, 3.63) is 44.1 Å². The highest BCUT2D eigenvalue weighted by Gasteiger charge is 2.11. The first-order valence-electron chi connectivity index (χ1n) is 5.02. The van der Waals surface area contributed by atoms with Crippen LogP contribution < -0.4 is 5.32 Å². The molecule has 0 bridgehead atoms. The molecule has 1 heterocycles. The fourth-order valence-electron chi connectivity index (χ4n) is 1.53. The Morgan fingerprint density at radius 1 is 1.24 bits per heavy atom. The Labute approximate surface area is 114 Å². The van der Waals surface area contributed by atoms with Crippen molar-refractivity contribution in [3.63, 3.8) is 0 Å². The summed E-state index contributed by atoms with van der Waals surface area (Å²) in [5.41, 5.74) is 2.41. The van der Waals surface area contributed by atoms with E-state index in [0.717, 1.165) is 16.1 Å². The van der Waals surface area contributed by atoms with Crippen LogP contribution in [0.3, 0.4) is 0 Å². The topological polar surface area (TPSA) is 32.3 Å². The molecule has 1 aromatic carbocycles. The number of aryl methyl sites for hydroxylation is 1. The van der Waals surface area contributed by atoms with Crippen LogP contribution in [0.25, 0.3) is 0 Å². The van der Waals surface area contributed by atoms with Gasteiger partial charge in [-0.25, -0.2) is 0 Å². The zero-order valence-corrected chi connectivity index (χ0v) is 11.5. The third-order valence-corrected chi connectivity index (χ3v) is 4.02. The molecule has 90 valence electrons. The second-order valence-electron chi connectivity index (χ2n) is 3.57. The summed E-state index contributed by atoms with van der Waals surface area (Å²) in [5, 5.41) is 15.5. The Morgan fingerprint density at radius 2 is 1.88 bits per heavy atom. The molecule has 0 fully saturated rings. The summed E-state index contributed by atoms with van der Waals surface area (Å²) < 4.78 is 0. The van der Waals surface area contributed by atoms with Crippen molar-refractivity contribution in [2.45, 2.75) is 13.5 Å². The molecule has 0 saturated carbocycles. The first-order chi connectivity index (χ1) is 8.13. The summed E-state index contributed by atoms with van der Waals surface area (Å²) >= 11 is 13.8. The van der Waals surface area contributed by atoms with E-state index in [1.54, 1.807) is 29.5 Å². The van der Waals surface area contributed by atoms with Crippen LogP contribution in [0.5, 0.6) is 0 Å². The predicted molar refractivity (Wildman–Crippen MR) is 74.7 cm³/mol. The molecule has 1 aromatic heterocycles. The minimum atomic E-state index is -0.00521. The van der Waals surface area contributed by atoms with Crippen LogP contribution in [0.2, 0.25) is 10.0 Å². The average molecular weight is 288 g/mol. The molecule has 0 saturated heterocycles. The Morgan fingerprint density at radius 3 is 2.47 bits per heavy atom. The number of halogens is 2. The normalized spacial score (nSPS) is 10.6. The SMILES string of the molecule is Cc1scc(CO)c1Nc1c(Cl)cccc1Cl. The molecule has 2 aromatic rings. The standard InChI is InChI=1S/C12H11Cl2NOS/c1-7-11(8(5-16)6-17-7)15-12-9(13)3-2-4-10(12)14/h2-4,6,15-16H,5H2,1H3. The maximum Gasteiger partial charge on any atom is 0.0763 e. The third-order valence-electron chi connectivity index (χ3n) is 2.43. The second kappa shape index (κ2) is 5.27. The van der Waals surface area contributed by atoms with Gasteiger partial charge in [0.15, 0.2) is 0 Å². The molecule has 2 N–H and O–H groups in total. The molecule has 0 amide bonds. The first kappa shape index (κ1) is 12.7. The van der Waals surface area contributed by atoms with Crippen LogP contribution in [0.1, 0.15) is 10.4 Å². The van der Waals surface area contributed by atoms with Crippen LogP contribution in [0.15, 0.2) is 23.6 Å². The number of aliphatic hydroxyl groups is 1. The number of hydrogen-bond acceptors (Lipinski definition) is 3. The van der Waals surface area contributed by atoms with Crippen molar-refractivity contribution in [3.8, 4) is 0 Å². The highest BCUT2D eigenvalue weighted by atomic mass is 35.5. The number of nitrogens with one attached hydrogen (secondary N) is 1. The van der Waals surface area contributed by atoms with E-state index in [0.29, 0.717) is 15.7 Å². The van der Waals surface area contributed by atoms with E-state index in [2.05, 4.69) is 5.32 Å². The highest BCUT2D eigenvalue weighted by molar-refractivity contribution is 7.10. The Kier molecular flexibility index (Phi) is 3.94. The quantitative estimate of drug-likeness (QED) is 0.865. The Hall–Kier alpha value is -0.740. The van der Waals surface area contributed by atoms with Gasteiger partial charge in [0.05, 0.1) is 28.0 Å². The van der Waals surface area contributed by atoms with Gasteiger partial charge in [-0.05, 0) is 24.4 Å². The molecular weight excluding hydrogens is 277 g/mol. The van der Waals surface area contributed by atoms with E-state index < -0.39 is 0 Å². The molecule has 2 rings (SSSR count). The van der Waals surface area contributed by atoms with Gasteiger partial charge in [0, 0.05) is 10.4 Å². The van der Waals surface area contributed by atoms with Crippen molar-refractivity contribution >= 4 is 45.9 Å². The van der Waals surface area contributed by atoms with E-state index in [9.17, 15) is 5.11 Å². The maximum atomic E-state index is 9.25. The van der Waals surface area contributed by atoms with Crippen molar-refractivity contribution in [2.75, 3.05) is 5.32 Å². The molecular formula is C12H11Cl2NOS. The van der Waals surface area contributed by atoms with E-state index in [1.807, 2.05) is 12.3 Å². The molecule has 0 spiro atoms. The lowest BCUT2D eigenvalue weighted by atomic mass is 10.2. The monoisotopic (exact) mass is 287 g/mol. The summed E-state index contributed by atoms with van der Waals surface area (Å²) in [4.78, 5) is 1.09. The zero-order chi connectivity index (χ0) is 12.4. The number of benzene rings is 1. The van der Waals surface area contributed by atoms with Gasteiger partial charge in [-0.1, -0.05) is 29.3 Å². The van der Waals surface area contributed by atoms with Gasteiger partial charge < -0.3 is 10.4 Å². The molecule has 0 atom stereocenters. The second-order valence-corrected chi connectivity index (χ2v) is 5.47. The van der Waals surface area contributed by atoms with Gasteiger partial charge in [-0.3, -0.25) is 0 Å². The number of para-hydroxylation sites is 1. The highest BCUT2D eigenvalue weighted by Crippen LogP contribution is 2.36. The molecule has 5 heteroatoms. The first-order valence-corrected chi connectivity index (χ1v) is 6.66. The smallest absolute Gasteiger partial charge is 0.0763 e. The van der Waals surface area contributed by atoms with Crippen molar-refractivity contribution < 1.29 is 5.11 Å². The van der Waals surface area contributed by atoms with Crippen LogP contribution in [0, 0.1) is 6.92 Å². The lowest BCUT2D eigenvalue weighted by Crippen LogP contribution is -1.96. The molecule has 2 nitrogen and oxygen atoms in total. The molecule has 0 unspecified atom stereocenters. The van der Waals surface area contributed by atoms with Crippen molar-refractivity contribution in [2.24, 2.45) is 0 Å². The van der Waals surface area contributed by atoms with Crippen LogP contribution >= 0.6 is 34.5 Å². The Bertz CT molecular complexity index is 519. The number of anilines is 2. The summed E-state index contributed by atoms with van der Waals surface area (Å²) in [5.74, 6) is 0. The van der Waals surface area contributed by atoms with Gasteiger partial charge in [0.1, 0.15) is 0 Å². The largest absolute Gasteiger partial charge is 0.392 e. The van der Waals surface area contributed by atoms with Gasteiger partial charge in [-0.2, -0.15) is 0 Å². The minimum absolute atomic E-state index is 0.00521. The average Bonchev–Trinajstić information content (AvgIpc) is 2.65. The number of hydrogen-bond donors (Lipinski definition) is 2. The molecule has 0 aliphatic rings. The van der Waals surface area contributed by atoms with Gasteiger partial charge >= 0.3 is 0 Å². The van der Waals surface area contributed by atoms with Crippen molar-refractivity contribution in [1.29, 1.82) is 0 Å². The lowest BCUT2D eigenvalue weighted by Gasteiger charge is -2.11.